The van der Waals surface area contributed by atoms with Gasteiger partial charge in [0, 0.05) is 19.6 Å². The molecular formula is C12H20N2O5S. The van der Waals surface area contributed by atoms with Gasteiger partial charge in [0.25, 0.3) is 0 Å². The highest BCUT2D eigenvalue weighted by atomic mass is 32.2. The number of amides is 2. The quantitative estimate of drug-likeness (QED) is 0.745. The lowest BCUT2D eigenvalue weighted by Gasteiger charge is -2.35. The Labute approximate surface area is 118 Å². The van der Waals surface area contributed by atoms with Crippen molar-refractivity contribution in [1.82, 2.24) is 9.80 Å². The molecule has 0 aromatic carbocycles. The smallest absolute Gasteiger partial charge is 0.329 e. The van der Waals surface area contributed by atoms with Gasteiger partial charge >= 0.3 is 12.0 Å². The van der Waals surface area contributed by atoms with Crippen LogP contribution < -0.4 is 0 Å². The van der Waals surface area contributed by atoms with Crippen LogP contribution in [0.5, 0.6) is 0 Å². The van der Waals surface area contributed by atoms with E-state index in [1.807, 2.05) is 0 Å². The maximum absolute atomic E-state index is 12.5. The molecule has 1 N–H and O–H groups in total. The van der Waals surface area contributed by atoms with Gasteiger partial charge in [0.15, 0.2) is 9.84 Å². The lowest BCUT2D eigenvalue weighted by molar-refractivity contribution is -0.147. The van der Waals surface area contributed by atoms with Crippen molar-refractivity contribution < 1.29 is 23.1 Å². The number of nitrogens with zero attached hydrogens (tertiary/aromatic N) is 2. The average molecular weight is 304 g/mol. The van der Waals surface area contributed by atoms with Gasteiger partial charge < -0.3 is 14.9 Å². The Kier molecular flexibility index (Phi) is 3.95. The van der Waals surface area contributed by atoms with E-state index in [-0.39, 0.29) is 24.1 Å². The van der Waals surface area contributed by atoms with Gasteiger partial charge in [0.2, 0.25) is 0 Å². The number of urea groups is 1. The molecule has 2 rings (SSSR count). The third-order valence-corrected chi connectivity index (χ3v) is 5.87. The van der Waals surface area contributed by atoms with E-state index in [1.54, 1.807) is 6.92 Å². The topological polar surface area (TPSA) is 95.0 Å². The summed E-state index contributed by atoms with van der Waals surface area (Å²) < 4.78 is 23.1. The molecule has 2 fully saturated rings. The Morgan fingerprint density at radius 1 is 1.10 bits per heavy atom. The van der Waals surface area contributed by atoms with Gasteiger partial charge in [-0.3, -0.25) is 0 Å². The average Bonchev–Trinajstić information content (AvgIpc) is 2.66. The molecule has 7 nitrogen and oxygen atoms in total. The highest BCUT2D eigenvalue weighted by molar-refractivity contribution is 7.91. The fourth-order valence-corrected chi connectivity index (χ4v) is 4.06. The third kappa shape index (κ3) is 2.74. The number of sulfone groups is 1. The van der Waals surface area contributed by atoms with Gasteiger partial charge in [-0.05, 0) is 26.2 Å². The summed E-state index contributed by atoms with van der Waals surface area (Å²) in [6.45, 7) is 2.47. The molecule has 20 heavy (non-hydrogen) atoms. The zero-order valence-electron chi connectivity index (χ0n) is 11.5. The normalized spacial score (nSPS) is 30.1. The van der Waals surface area contributed by atoms with Crippen LogP contribution in [0.4, 0.5) is 4.79 Å². The molecule has 2 heterocycles. The Morgan fingerprint density at radius 3 is 2.45 bits per heavy atom. The number of hydrogen-bond donors (Lipinski definition) is 1. The Bertz CT molecular complexity index is 518. The Morgan fingerprint density at radius 2 is 1.80 bits per heavy atom. The molecule has 1 atom stereocenters. The minimum atomic E-state index is -3.08. The zero-order chi connectivity index (χ0) is 15.0. The van der Waals surface area contributed by atoms with Crippen molar-refractivity contribution >= 4 is 21.8 Å². The van der Waals surface area contributed by atoms with Crippen LogP contribution in [-0.4, -0.2) is 72.0 Å². The molecule has 0 radical (unpaired) electrons. The van der Waals surface area contributed by atoms with E-state index in [0.717, 1.165) is 0 Å². The molecule has 2 amide bonds. The molecule has 0 aromatic rings. The largest absolute Gasteiger partial charge is 0.480 e. The van der Waals surface area contributed by atoms with E-state index in [2.05, 4.69) is 0 Å². The number of carbonyl (C=O) groups excluding carboxylic acids is 1. The van der Waals surface area contributed by atoms with Crippen LogP contribution in [0.15, 0.2) is 0 Å². The number of aliphatic carboxylic acids is 1. The monoisotopic (exact) mass is 304 g/mol. The number of carboxylic acids is 1. The molecule has 2 saturated heterocycles. The fraction of sp³-hybridized carbons (Fsp3) is 0.833. The van der Waals surface area contributed by atoms with Gasteiger partial charge in [-0.25, -0.2) is 18.0 Å². The summed E-state index contributed by atoms with van der Waals surface area (Å²) in [6.07, 6.45) is 1.49. The van der Waals surface area contributed by atoms with Gasteiger partial charge in [0.1, 0.15) is 5.54 Å². The molecule has 0 aliphatic carbocycles. The van der Waals surface area contributed by atoms with Crippen LogP contribution in [0.2, 0.25) is 0 Å². The molecule has 0 spiro atoms. The van der Waals surface area contributed by atoms with Gasteiger partial charge in [-0.15, -0.1) is 0 Å². The second-order valence-electron chi connectivity index (χ2n) is 5.61. The molecule has 8 heteroatoms. The van der Waals surface area contributed by atoms with E-state index in [9.17, 15) is 23.1 Å². The third-order valence-electron chi connectivity index (χ3n) is 4.16. The van der Waals surface area contributed by atoms with Crippen molar-refractivity contribution in [3.63, 3.8) is 0 Å². The van der Waals surface area contributed by atoms with Crippen molar-refractivity contribution in [3.05, 3.63) is 0 Å². The Hall–Kier alpha value is -1.31. The second kappa shape index (κ2) is 5.23. The Balaban J connectivity index is 2.13. The van der Waals surface area contributed by atoms with E-state index in [1.165, 1.54) is 9.80 Å². The van der Waals surface area contributed by atoms with Crippen LogP contribution >= 0.6 is 0 Å². The first kappa shape index (κ1) is 15.1. The molecule has 2 aliphatic heterocycles. The number of carbonyl (C=O) groups is 2. The van der Waals surface area contributed by atoms with E-state index >= 15 is 0 Å². The summed E-state index contributed by atoms with van der Waals surface area (Å²) in [5.41, 5.74) is -1.18. The molecule has 0 bridgehead atoms. The number of carboxylic acid groups (broad SMARTS) is 1. The predicted molar refractivity (Wildman–Crippen MR) is 72.2 cm³/mol. The van der Waals surface area contributed by atoms with Crippen molar-refractivity contribution in [1.29, 1.82) is 0 Å². The summed E-state index contributed by atoms with van der Waals surface area (Å²) in [7, 11) is -3.08. The standard InChI is InChI=1S/C12H20N2O5S/c1-12(10(15)16)4-2-6-14(12)11(17)13-5-3-8-20(18,19)9-7-13/h2-9H2,1H3,(H,15,16). The maximum atomic E-state index is 12.5. The van der Waals surface area contributed by atoms with Crippen molar-refractivity contribution in [2.45, 2.75) is 31.7 Å². The van der Waals surface area contributed by atoms with Crippen LogP contribution in [0.3, 0.4) is 0 Å². The maximum Gasteiger partial charge on any atom is 0.329 e. The molecule has 0 saturated carbocycles. The molecule has 0 aromatic heterocycles. The van der Waals surface area contributed by atoms with E-state index < -0.39 is 21.3 Å². The van der Waals surface area contributed by atoms with Crippen molar-refractivity contribution in [2.75, 3.05) is 31.1 Å². The lowest BCUT2D eigenvalue weighted by atomic mass is 10.00. The van der Waals surface area contributed by atoms with Gasteiger partial charge in [0.05, 0.1) is 11.5 Å². The lowest BCUT2D eigenvalue weighted by Crippen LogP contribution is -2.55. The van der Waals surface area contributed by atoms with Crippen LogP contribution in [-0.2, 0) is 14.6 Å². The summed E-state index contributed by atoms with van der Waals surface area (Å²) >= 11 is 0. The molecule has 2 aliphatic rings. The van der Waals surface area contributed by atoms with Gasteiger partial charge in [-0.2, -0.15) is 0 Å². The minimum absolute atomic E-state index is 0.0453. The first-order valence-electron chi connectivity index (χ1n) is 6.77. The van der Waals surface area contributed by atoms with Gasteiger partial charge in [-0.1, -0.05) is 0 Å². The zero-order valence-corrected chi connectivity index (χ0v) is 12.4. The SMILES string of the molecule is CC1(C(=O)O)CCCN1C(=O)N1CCCS(=O)(=O)CC1. The van der Waals surface area contributed by atoms with E-state index in [4.69, 9.17) is 0 Å². The molecular weight excluding hydrogens is 284 g/mol. The molecule has 114 valence electrons. The van der Waals surface area contributed by atoms with Crippen LogP contribution in [0, 0.1) is 0 Å². The number of likely N-dealkylation sites (tertiary alicyclic amines) is 1. The summed E-state index contributed by atoms with van der Waals surface area (Å²) in [4.78, 5) is 26.7. The van der Waals surface area contributed by atoms with Crippen LogP contribution in [0.25, 0.3) is 0 Å². The second-order valence-corrected chi connectivity index (χ2v) is 7.91. The predicted octanol–water partition coefficient (Wildman–Crippen LogP) is 0.166. The molecule has 1 unspecified atom stereocenters. The minimum Gasteiger partial charge on any atom is -0.480 e. The fourth-order valence-electron chi connectivity index (χ4n) is 2.79. The first-order valence-corrected chi connectivity index (χ1v) is 8.59. The first-order chi connectivity index (χ1) is 9.26. The summed E-state index contributed by atoms with van der Waals surface area (Å²) in [5, 5.41) is 9.32. The van der Waals surface area contributed by atoms with Crippen LogP contribution in [0.1, 0.15) is 26.2 Å². The summed E-state index contributed by atoms with van der Waals surface area (Å²) in [5.74, 6) is -0.964. The number of rotatable bonds is 1. The van der Waals surface area contributed by atoms with E-state index in [0.29, 0.717) is 32.4 Å². The van der Waals surface area contributed by atoms with Crippen molar-refractivity contribution in [2.24, 2.45) is 0 Å². The summed E-state index contributed by atoms with van der Waals surface area (Å²) in [6, 6.07) is -0.357. The van der Waals surface area contributed by atoms with Crippen molar-refractivity contribution in [3.8, 4) is 0 Å². The number of hydrogen-bond acceptors (Lipinski definition) is 4. The highest BCUT2D eigenvalue weighted by Gasteiger charge is 2.47. The highest BCUT2D eigenvalue weighted by Crippen LogP contribution is 2.30.